The van der Waals surface area contributed by atoms with E-state index in [0.29, 0.717) is 25.3 Å². The Morgan fingerprint density at radius 2 is 2.00 bits per heavy atom. The number of rotatable bonds is 5. The Morgan fingerprint density at radius 3 is 2.58 bits per heavy atom. The molecule has 1 N–H and O–H groups in total. The van der Waals surface area contributed by atoms with Crippen molar-refractivity contribution < 1.29 is 18.0 Å². The molecule has 0 aliphatic heterocycles. The van der Waals surface area contributed by atoms with Crippen molar-refractivity contribution in [3.8, 4) is 0 Å². The van der Waals surface area contributed by atoms with E-state index in [1.54, 1.807) is 0 Å². The maximum absolute atomic E-state index is 12.8. The summed E-state index contributed by atoms with van der Waals surface area (Å²) in [4.78, 5) is 11.7. The van der Waals surface area contributed by atoms with Gasteiger partial charge in [0.15, 0.2) is 0 Å². The van der Waals surface area contributed by atoms with Gasteiger partial charge in [0.05, 0.1) is 11.1 Å². The van der Waals surface area contributed by atoms with Gasteiger partial charge in [-0.1, -0.05) is 15.9 Å². The second-order valence-electron chi connectivity index (χ2n) is 3.84. The van der Waals surface area contributed by atoms with Gasteiger partial charge in [-0.15, -0.1) is 11.6 Å². The average Bonchev–Trinajstić information content (AvgIpc) is 2.33. The van der Waals surface area contributed by atoms with Crippen molar-refractivity contribution >= 4 is 33.4 Å². The van der Waals surface area contributed by atoms with Gasteiger partial charge in [0.1, 0.15) is 0 Å². The third-order valence-corrected chi connectivity index (χ3v) is 3.14. The Hall–Kier alpha value is -0.750. The summed E-state index contributed by atoms with van der Waals surface area (Å²) < 4.78 is 38.7. The zero-order chi connectivity index (χ0) is 14.5. The van der Waals surface area contributed by atoms with E-state index in [1.165, 1.54) is 6.07 Å². The van der Waals surface area contributed by atoms with Crippen molar-refractivity contribution in [1.29, 1.82) is 0 Å². The smallest absolute Gasteiger partial charge is 0.352 e. The normalized spacial score (nSPS) is 11.4. The molecule has 0 saturated heterocycles. The Bertz CT molecular complexity index is 451. The van der Waals surface area contributed by atoms with Crippen LogP contribution in [0.25, 0.3) is 0 Å². The molecule has 0 radical (unpaired) electrons. The summed E-state index contributed by atoms with van der Waals surface area (Å²) in [6.07, 6.45) is -3.23. The molecular weight excluding hydrogens is 346 g/mol. The van der Waals surface area contributed by atoms with Crippen LogP contribution < -0.4 is 5.32 Å². The number of carbonyl (C=O) groups excluding carboxylic acids is 1. The van der Waals surface area contributed by atoms with Crippen molar-refractivity contribution in [2.45, 2.75) is 19.0 Å². The van der Waals surface area contributed by atoms with Crippen molar-refractivity contribution in [3.63, 3.8) is 0 Å². The maximum Gasteiger partial charge on any atom is 0.417 e. The Balaban J connectivity index is 2.85. The molecule has 0 spiro atoms. The fraction of sp³-hybridized carbons (Fsp3) is 0.417. The second kappa shape index (κ2) is 7.14. The SMILES string of the molecule is O=C(NCCCCCl)c1ccc(Br)cc1C(F)(F)F. The lowest BCUT2D eigenvalue weighted by atomic mass is 10.1. The van der Waals surface area contributed by atoms with Crippen molar-refractivity contribution in [1.82, 2.24) is 5.32 Å². The minimum atomic E-state index is -4.56. The monoisotopic (exact) mass is 357 g/mol. The minimum Gasteiger partial charge on any atom is -0.352 e. The van der Waals surface area contributed by atoms with Crippen molar-refractivity contribution in [3.05, 3.63) is 33.8 Å². The van der Waals surface area contributed by atoms with Crippen LogP contribution in [0.4, 0.5) is 13.2 Å². The van der Waals surface area contributed by atoms with Gasteiger partial charge in [-0.25, -0.2) is 0 Å². The number of hydrogen-bond donors (Lipinski definition) is 1. The lowest BCUT2D eigenvalue weighted by molar-refractivity contribution is -0.138. The summed E-state index contributed by atoms with van der Waals surface area (Å²) in [5.74, 6) is -0.267. The topological polar surface area (TPSA) is 29.1 Å². The Labute approximate surface area is 122 Å². The Morgan fingerprint density at radius 1 is 1.32 bits per heavy atom. The zero-order valence-corrected chi connectivity index (χ0v) is 12.2. The molecule has 0 unspecified atom stereocenters. The molecule has 7 heteroatoms. The van der Waals surface area contributed by atoms with Crippen LogP contribution in [0.3, 0.4) is 0 Å². The minimum absolute atomic E-state index is 0.276. The third-order valence-electron chi connectivity index (χ3n) is 2.38. The number of halogens is 5. The predicted octanol–water partition coefficient (Wildman–Crippen LogP) is 4.22. The molecule has 106 valence electrons. The molecule has 0 saturated carbocycles. The molecule has 1 aromatic rings. The molecule has 1 rings (SSSR count). The number of carbonyl (C=O) groups is 1. The van der Waals surface area contributed by atoms with E-state index in [0.717, 1.165) is 12.1 Å². The fourth-order valence-electron chi connectivity index (χ4n) is 1.47. The first-order chi connectivity index (χ1) is 8.86. The van der Waals surface area contributed by atoms with Crippen LogP contribution in [-0.2, 0) is 6.18 Å². The molecule has 0 aliphatic carbocycles. The molecule has 19 heavy (non-hydrogen) atoms. The predicted molar refractivity (Wildman–Crippen MR) is 71.4 cm³/mol. The zero-order valence-electron chi connectivity index (χ0n) is 9.86. The molecule has 0 fully saturated rings. The molecule has 0 aromatic heterocycles. The summed E-state index contributed by atoms with van der Waals surface area (Å²) in [7, 11) is 0. The molecule has 2 nitrogen and oxygen atoms in total. The molecule has 0 atom stereocenters. The maximum atomic E-state index is 12.8. The van der Waals surface area contributed by atoms with Crippen LogP contribution in [0.2, 0.25) is 0 Å². The van der Waals surface area contributed by atoms with Gasteiger partial charge in [-0.05, 0) is 31.0 Å². The van der Waals surface area contributed by atoms with E-state index in [9.17, 15) is 18.0 Å². The standard InChI is InChI=1S/C12H12BrClF3NO/c13-8-3-4-9(10(7-8)12(15,16)17)11(19)18-6-2-1-5-14/h3-4,7H,1-2,5-6H2,(H,18,19). The largest absolute Gasteiger partial charge is 0.417 e. The summed E-state index contributed by atoms with van der Waals surface area (Å²) in [6.45, 7) is 0.304. The van der Waals surface area contributed by atoms with Crippen LogP contribution in [0.5, 0.6) is 0 Å². The van der Waals surface area contributed by atoms with Crippen LogP contribution in [0.15, 0.2) is 22.7 Å². The number of hydrogen-bond acceptors (Lipinski definition) is 1. The highest BCUT2D eigenvalue weighted by Crippen LogP contribution is 2.33. The van der Waals surface area contributed by atoms with Crippen molar-refractivity contribution in [2.75, 3.05) is 12.4 Å². The molecule has 1 aromatic carbocycles. The number of nitrogens with one attached hydrogen (secondary N) is 1. The van der Waals surface area contributed by atoms with Gasteiger partial charge < -0.3 is 5.32 Å². The van der Waals surface area contributed by atoms with Crippen molar-refractivity contribution in [2.24, 2.45) is 0 Å². The van der Waals surface area contributed by atoms with Gasteiger partial charge in [0, 0.05) is 16.9 Å². The molecular formula is C12H12BrClF3NO. The van der Waals surface area contributed by atoms with Crippen LogP contribution in [0.1, 0.15) is 28.8 Å². The lowest BCUT2D eigenvalue weighted by Crippen LogP contribution is -2.27. The van der Waals surface area contributed by atoms with Gasteiger partial charge in [0.25, 0.3) is 5.91 Å². The molecule has 1 amide bonds. The fourth-order valence-corrected chi connectivity index (χ4v) is 2.02. The first-order valence-corrected chi connectivity index (χ1v) is 6.90. The first-order valence-electron chi connectivity index (χ1n) is 5.57. The van der Waals surface area contributed by atoms with E-state index in [4.69, 9.17) is 11.6 Å². The average molecular weight is 359 g/mol. The number of benzene rings is 1. The molecule has 0 aliphatic rings. The third kappa shape index (κ3) is 5.03. The highest BCUT2D eigenvalue weighted by molar-refractivity contribution is 9.10. The number of amides is 1. The van der Waals surface area contributed by atoms with Crippen LogP contribution in [0, 0.1) is 0 Å². The van der Waals surface area contributed by atoms with E-state index >= 15 is 0 Å². The molecule has 0 heterocycles. The highest BCUT2D eigenvalue weighted by Gasteiger charge is 2.35. The first kappa shape index (κ1) is 16.3. The highest BCUT2D eigenvalue weighted by atomic mass is 79.9. The lowest BCUT2D eigenvalue weighted by Gasteiger charge is -2.13. The molecule has 0 bridgehead atoms. The number of alkyl halides is 4. The summed E-state index contributed by atoms with van der Waals surface area (Å²) in [5, 5.41) is 2.45. The van der Waals surface area contributed by atoms with E-state index < -0.39 is 17.6 Å². The van der Waals surface area contributed by atoms with Gasteiger partial charge in [-0.2, -0.15) is 13.2 Å². The Kier molecular flexibility index (Phi) is 6.13. The van der Waals surface area contributed by atoms with Gasteiger partial charge in [-0.3, -0.25) is 4.79 Å². The quantitative estimate of drug-likeness (QED) is 0.620. The van der Waals surface area contributed by atoms with E-state index in [1.807, 2.05) is 0 Å². The van der Waals surface area contributed by atoms with Gasteiger partial charge >= 0.3 is 6.18 Å². The van der Waals surface area contributed by atoms with E-state index in [2.05, 4.69) is 21.2 Å². The van der Waals surface area contributed by atoms with E-state index in [-0.39, 0.29) is 10.0 Å². The summed E-state index contributed by atoms with van der Waals surface area (Å²) in [6, 6.07) is 3.46. The summed E-state index contributed by atoms with van der Waals surface area (Å²) in [5.41, 5.74) is -1.32. The van der Waals surface area contributed by atoms with Crippen LogP contribution in [-0.4, -0.2) is 18.3 Å². The van der Waals surface area contributed by atoms with Gasteiger partial charge in [0.2, 0.25) is 0 Å². The summed E-state index contributed by atoms with van der Waals surface area (Å²) >= 11 is 8.43. The second-order valence-corrected chi connectivity index (χ2v) is 5.13. The van der Waals surface area contributed by atoms with Crippen LogP contribution >= 0.6 is 27.5 Å². The number of unbranched alkanes of at least 4 members (excludes halogenated alkanes) is 1.